The first kappa shape index (κ1) is 41.3. The van der Waals surface area contributed by atoms with E-state index in [2.05, 4.69) is 25.9 Å². The van der Waals surface area contributed by atoms with Gasteiger partial charge in [0.2, 0.25) is 11.8 Å². The van der Waals surface area contributed by atoms with Crippen LogP contribution in [-0.2, 0) is 62.2 Å². The molecular formula is C42H48F3N13O3. The molecule has 2 amide bonds. The maximum absolute atomic E-state index is 13.6. The number of rotatable bonds is 14. The molecule has 2 aromatic carbocycles. The Hall–Kier alpha value is -6.47. The molecule has 1 unspecified atom stereocenters. The molecule has 320 valence electrons. The van der Waals surface area contributed by atoms with Gasteiger partial charge in [-0.25, -0.2) is 0 Å². The molecule has 4 aromatic heterocycles. The van der Waals surface area contributed by atoms with Crippen LogP contribution >= 0.6 is 0 Å². The van der Waals surface area contributed by atoms with Crippen molar-refractivity contribution in [2.24, 2.45) is 12.8 Å². The Morgan fingerprint density at radius 1 is 0.770 bits per heavy atom. The Morgan fingerprint density at radius 2 is 1.31 bits per heavy atom. The van der Waals surface area contributed by atoms with Crippen LogP contribution in [0.2, 0.25) is 0 Å². The summed E-state index contributed by atoms with van der Waals surface area (Å²) in [5.41, 5.74) is 14.3. The van der Waals surface area contributed by atoms with Crippen LogP contribution in [-0.4, -0.2) is 91.3 Å². The Labute approximate surface area is 349 Å². The minimum absolute atomic E-state index is 0.00973. The van der Waals surface area contributed by atoms with Gasteiger partial charge < -0.3 is 31.3 Å². The summed E-state index contributed by atoms with van der Waals surface area (Å²) < 4.78 is 46.0. The van der Waals surface area contributed by atoms with Gasteiger partial charge in [-0.2, -0.15) is 33.6 Å². The molecule has 6 heterocycles. The first-order valence-corrected chi connectivity index (χ1v) is 20.2. The van der Waals surface area contributed by atoms with E-state index in [0.717, 1.165) is 39.2 Å². The fourth-order valence-electron chi connectivity index (χ4n) is 7.86. The lowest BCUT2D eigenvalue weighted by Crippen LogP contribution is -2.37. The highest BCUT2D eigenvalue weighted by atomic mass is 19.4. The predicted molar refractivity (Wildman–Crippen MR) is 221 cm³/mol. The third-order valence-corrected chi connectivity index (χ3v) is 11.2. The first-order valence-electron chi connectivity index (χ1n) is 20.2. The number of fused-ring (bicyclic) bond motifs is 2. The molecule has 2 aliphatic rings. The number of alkyl halides is 3. The zero-order valence-corrected chi connectivity index (χ0v) is 33.9. The van der Waals surface area contributed by atoms with Crippen molar-refractivity contribution in [3.63, 3.8) is 0 Å². The van der Waals surface area contributed by atoms with Crippen LogP contribution in [0.1, 0.15) is 48.7 Å². The highest BCUT2D eigenvalue weighted by molar-refractivity contribution is 5.77. The molecule has 0 bridgehead atoms. The van der Waals surface area contributed by atoms with Crippen molar-refractivity contribution in [2.45, 2.75) is 84.2 Å². The largest absolute Gasteiger partial charge is 0.390 e. The van der Waals surface area contributed by atoms with Gasteiger partial charge in [0.25, 0.3) is 0 Å². The number of aromatic nitrogens is 8. The van der Waals surface area contributed by atoms with E-state index in [1.54, 1.807) is 20.5 Å². The molecule has 61 heavy (non-hydrogen) atoms. The number of nitrogens with zero attached hydrogens (tertiary/aromatic N) is 10. The molecule has 8 rings (SSSR count). The summed E-state index contributed by atoms with van der Waals surface area (Å²) in [6.45, 7) is 3.60. The minimum atomic E-state index is -4.31. The fourth-order valence-corrected chi connectivity index (χ4v) is 7.86. The van der Waals surface area contributed by atoms with E-state index in [1.165, 1.54) is 11.6 Å². The predicted octanol–water partition coefficient (Wildman–Crippen LogP) is 5.33. The van der Waals surface area contributed by atoms with Crippen molar-refractivity contribution in [3.8, 4) is 22.3 Å². The smallest absolute Gasteiger partial charge is 0.379 e. The van der Waals surface area contributed by atoms with Crippen LogP contribution in [0.4, 0.5) is 36.2 Å². The number of halogens is 3. The summed E-state index contributed by atoms with van der Waals surface area (Å²) in [4.78, 5) is 29.3. The average Bonchev–Trinajstić information content (AvgIpc) is 4.04. The summed E-state index contributed by atoms with van der Waals surface area (Å²) in [5, 5.41) is 34.6. The number of nitrogens with one attached hydrogen (secondary N) is 2. The molecular weight excluding hydrogens is 792 g/mol. The SMILES string of the molecule is CC(=O)N1CCc2c(c(Nc3ccc(-c4cnn(CCC(=O)N5CCc6c(c(Nc7ccc(-c8cnn(C)c8)cc7)nn6CCC(N)O)C5)c4)cc3)nn2CCC(F)(F)F)C1. The fraction of sp³-hybridized carbons (Fsp3) is 0.381. The topological polar surface area (TPSA) is 182 Å². The molecule has 0 aliphatic carbocycles. The van der Waals surface area contributed by atoms with E-state index in [1.807, 2.05) is 83.8 Å². The van der Waals surface area contributed by atoms with Crippen molar-refractivity contribution in [2.75, 3.05) is 23.7 Å². The summed E-state index contributed by atoms with van der Waals surface area (Å²) >= 11 is 0. The van der Waals surface area contributed by atoms with E-state index in [4.69, 9.17) is 10.8 Å². The van der Waals surface area contributed by atoms with Crippen molar-refractivity contribution >= 4 is 34.8 Å². The number of aryl methyl sites for hydroxylation is 4. The number of amides is 2. The van der Waals surface area contributed by atoms with Crippen LogP contribution in [0.5, 0.6) is 0 Å². The lowest BCUT2D eigenvalue weighted by Gasteiger charge is -2.28. The molecule has 1 atom stereocenters. The standard InChI is InChI=1S/C42H48F3N13O3/c1-27(59)54-16-11-37-34(25-54)40(52-58(37)20-15-42(43,44)45)49-33-9-5-29(6-10-33)31-22-48-56(24-31)18-14-39(61)55-17-12-36-35(26-55)41(51-57(36)19-13-38(46)60)50-32-7-3-28(4-8-32)30-21-47-53(2)23-30/h3-10,21-24,38,60H,11-20,25-26,46H2,1-2H3,(H,49,52)(H,50,51). The molecule has 6 aromatic rings. The van der Waals surface area contributed by atoms with Gasteiger partial charge in [0.15, 0.2) is 11.6 Å². The molecule has 2 aliphatic heterocycles. The van der Waals surface area contributed by atoms with E-state index in [-0.39, 0.29) is 31.3 Å². The monoisotopic (exact) mass is 839 g/mol. The number of aliphatic hydroxyl groups excluding tert-OH is 1. The normalized spacial score (nSPS) is 14.5. The van der Waals surface area contributed by atoms with Crippen LogP contribution in [0, 0.1) is 0 Å². The zero-order valence-electron chi connectivity index (χ0n) is 33.9. The highest BCUT2D eigenvalue weighted by Crippen LogP contribution is 2.33. The Kier molecular flexibility index (Phi) is 11.7. The summed E-state index contributed by atoms with van der Waals surface area (Å²) in [7, 11) is 1.88. The third kappa shape index (κ3) is 9.62. The van der Waals surface area contributed by atoms with Gasteiger partial charge in [0, 0.05) is 130 Å². The number of nitrogens with two attached hydrogens (primary N) is 1. The van der Waals surface area contributed by atoms with E-state index < -0.39 is 18.8 Å². The highest BCUT2D eigenvalue weighted by Gasteiger charge is 2.31. The van der Waals surface area contributed by atoms with Gasteiger partial charge in [-0.15, -0.1) is 0 Å². The number of carbonyl (C=O) groups is 2. The van der Waals surface area contributed by atoms with Gasteiger partial charge in [-0.3, -0.25) is 28.3 Å². The minimum Gasteiger partial charge on any atom is -0.379 e. The summed E-state index contributed by atoms with van der Waals surface area (Å²) in [5.74, 6) is 0.968. The number of benzene rings is 2. The lowest BCUT2D eigenvalue weighted by atomic mass is 10.1. The van der Waals surface area contributed by atoms with E-state index >= 15 is 0 Å². The van der Waals surface area contributed by atoms with Crippen LogP contribution in [0.15, 0.2) is 73.3 Å². The van der Waals surface area contributed by atoms with E-state index in [0.29, 0.717) is 80.6 Å². The number of anilines is 4. The average molecular weight is 840 g/mol. The molecule has 16 nitrogen and oxygen atoms in total. The van der Waals surface area contributed by atoms with Crippen molar-refractivity contribution in [1.82, 2.24) is 48.9 Å². The van der Waals surface area contributed by atoms with Gasteiger partial charge in [-0.05, 0) is 35.4 Å². The first-order chi connectivity index (χ1) is 29.3. The number of hydrogen-bond acceptors (Lipinski definition) is 10. The Morgan fingerprint density at radius 3 is 1.85 bits per heavy atom. The molecule has 0 radical (unpaired) electrons. The molecule has 5 N–H and O–H groups in total. The molecule has 19 heteroatoms. The van der Waals surface area contributed by atoms with Crippen molar-refractivity contribution in [3.05, 3.63) is 95.8 Å². The van der Waals surface area contributed by atoms with Crippen LogP contribution in [0.3, 0.4) is 0 Å². The maximum atomic E-state index is 13.6. The van der Waals surface area contributed by atoms with Crippen LogP contribution in [0.25, 0.3) is 22.3 Å². The van der Waals surface area contributed by atoms with Gasteiger partial charge in [-0.1, -0.05) is 24.3 Å². The Balaban J connectivity index is 0.898. The number of hydrogen-bond donors (Lipinski definition) is 4. The Bertz CT molecular complexity index is 2500. The second-order valence-electron chi connectivity index (χ2n) is 15.5. The third-order valence-electron chi connectivity index (χ3n) is 11.2. The van der Waals surface area contributed by atoms with Gasteiger partial charge in [0.1, 0.15) is 6.23 Å². The number of aliphatic hydroxyl groups is 1. The molecule has 0 saturated carbocycles. The van der Waals surface area contributed by atoms with Gasteiger partial charge >= 0.3 is 6.18 Å². The molecule has 0 saturated heterocycles. The molecule has 0 fully saturated rings. The number of carbonyl (C=O) groups excluding carboxylic acids is 2. The quantitative estimate of drug-likeness (QED) is 0.105. The van der Waals surface area contributed by atoms with Crippen molar-refractivity contribution < 1.29 is 27.9 Å². The second kappa shape index (κ2) is 17.3. The summed E-state index contributed by atoms with van der Waals surface area (Å²) in [6.07, 6.45) is 2.74. The maximum Gasteiger partial charge on any atom is 0.390 e. The zero-order chi connectivity index (χ0) is 42.8. The second-order valence-corrected chi connectivity index (χ2v) is 15.5. The molecule has 0 spiro atoms. The van der Waals surface area contributed by atoms with Crippen LogP contribution < -0.4 is 16.4 Å². The van der Waals surface area contributed by atoms with Gasteiger partial charge in [0.05, 0.1) is 31.9 Å². The van der Waals surface area contributed by atoms with Crippen molar-refractivity contribution in [1.29, 1.82) is 0 Å². The lowest BCUT2D eigenvalue weighted by molar-refractivity contribution is -0.137. The summed E-state index contributed by atoms with van der Waals surface area (Å²) in [6, 6.07) is 15.5. The van der Waals surface area contributed by atoms with E-state index in [9.17, 15) is 27.9 Å².